The van der Waals surface area contributed by atoms with Gasteiger partial charge in [0.2, 0.25) is 0 Å². The molecule has 0 unspecified atom stereocenters. The van der Waals surface area contributed by atoms with E-state index in [-0.39, 0.29) is 26.1 Å². The van der Waals surface area contributed by atoms with Crippen LogP contribution < -0.4 is 21.2 Å². The Labute approximate surface area is 165 Å². The van der Waals surface area contributed by atoms with Crippen LogP contribution in [0.25, 0.3) is 6.08 Å². The zero-order valence-electron chi connectivity index (χ0n) is 14.2. The smallest absolute Gasteiger partial charge is 0.349 e. The van der Waals surface area contributed by atoms with Gasteiger partial charge in [-0.3, -0.25) is 0 Å². The summed E-state index contributed by atoms with van der Waals surface area (Å²) in [6.07, 6.45) is 2.21. The number of benzene rings is 3. The standard InChI is InChI=1S/C14H12I.C7H8O3S/c1-3-7-13(8-4-1)11-12-15-14-9-5-2-6-10-14;1-6-2-4-7(5-3-6)11(8,9)10/h1-12H;2-5H,1H3,(H,8,9,10)/q+1;/p-1/b12-11+;. The molecule has 3 rings (SSSR count). The van der Waals surface area contributed by atoms with E-state index in [0.29, 0.717) is 0 Å². The molecule has 5 heteroatoms. The molecule has 3 aromatic carbocycles. The molecule has 0 bridgehead atoms. The number of halogens is 1. The van der Waals surface area contributed by atoms with Crippen molar-refractivity contribution in [1.82, 2.24) is 0 Å². The van der Waals surface area contributed by atoms with Crippen molar-refractivity contribution in [3.8, 4) is 0 Å². The van der Waals surface area contributed by atoms with Gasteiger partial charge in [-0.15, -0.1) is 0 Å². The first-order chi connectivity index (χ1) is 12.4. The third-order valence-corrected chi connectivity index (χ3v) is 6.29. The normalized spacial score (nSPS) is 11.0. The fourth-order valence-corrected chi connectivity index (χ4v) is 4.24. The number of aryl methyl sites for hydroxylation is 1. The minimum atomic E-state index is -4.27. The van der Waals surface area contributed by atoms with Crippen molar-refractivity contribution in [2.75, 3.05) is 0 Å². The van der Waals surface area contributed by atoms with Crippen LogP contribution in [0.1, 0.15) is 11.1 Å². The Morgan fingerprint density at radius 2 is 1.35 bits per heavy atom. The molecule has 134 valence electrons. The van der Waals surface area contributed by atoms with Gasteiger partial charge < -0.3 is 4.55 Å². The highest BCUT2D eigenvalue weighted by molar-refractivity contribution is 7.85. The van der Waals surface area contributed by atoms with E-state index in [2.05, 4.69) is 64.8 Å². The summed E-state index contributed by atoms with van der Waals surface area (Å²) in [6.45, 7) is 1.82. The Kier molecular flexibility index (Phi) is 8.03. The summed E-state index contributed by atoms with van der Waals surface area (Å²) in [7, 11) is -4.27. The maximum absolute atomic E-state index is 10.4. The van der Waals surface area contributed by atoms with Gasteiger partial charge in [0.15, 0.2) is 7.65 Å². The quantitative estimate of drug-likeness (QED) is 0.422. The zero-order valence-corrected chi connectivity index (χ0v) is 17.2. The number of hydrogen-bond acceptors (Lipinski definition) is 3. The lowest BCUT2D eigenvalue weighted by atomic mass is 10.2. The summed E-state index contributed by atoms with van der Waals surface area (Å²) < 4.78 is 34.9. The van der Waals surface area contributed by atoms with Crippen molar-refractivity contribution >= 4 is 16.2 Å². The van der Waals surface area contributed by atoms with Crippen LogP contribution in [0.3, 0.4) is 0 Å². The van der Waals surface area contributed by atoms with Crippen molar-refractivity contribution in [2.24, 2.45) is 0 Å². The van der Waals surface area contributed by atoms with Crippen LogP contribution in [-0.2, 0) is 10.1 Å². The van der Waals surface area contributed by atoms with E-state index in [4.69, 9.17) is 0 Å². The summed E-state index contributed by atoms with van der Waals surface area (Å²) >= 11 is 0.0204. The highest BCUT2D eigenvalue weighted by Gasteiger charge is 2.04. The molecular formula is C21H19IO3S. The molecule has 0 atom stereocenters. The Bertz CT molecular complexity index is 920. The van der Waals surface area contributed by atoms with Crippen molar-refractivity contribution in [1.29, 1.82) is 0 Å². The second-order valence-corrected chi connectivity index (χ2v) is 9.34. The molecule has 0 saturated heterocycles. The Morgan fingerprint density at radius 1 is 0.808 bits per heavy atom. The molecular weight excluding hydrogens is 459 g/mol. The molecule has 0 N–H and O–H groups in total. The first kappa shape index (κ1) is 20.4. The van der Waals surface area contributed by atoms with Crippen LogP contribution in [0.2, 0.25) is 0 Å². The summed E-state index contributed by atoms with van der Waals surface area (Å²) in [4.78, 5) is -0.178. The minimum absolute atomic E-state index is 0.0204. The highest BCUT2D eigenvalue weighted by atomic mass is 127. The summed E-state index contributed by atoms with van der Waals surface area (Å²) in [5.41, 5.74) is 2.21. The van der Waals surface area contributed by atoms with Crippen LogP contribution in [0.4, 0.5) is 0 Å². The molecule has 0 spiro atoms. The first-order valence-electron chi connectivity index (χ1n) is 7.88. The maximum atomic E-state index is 10.4. The summed E-state index contributed by atoms with van der Waals surface area (Å²) in [5.74, 6) is 0. The van der Waals surface area contributed by atoms with Crippen LogP contribution in [0, 0.1) is 10.5 Å². The molecule has 0 aliphatic rings. The fraction of sp³-hybridized carbons (Fsp3) is 0.0476. The Balaban J connectivity index is 0.000000197. The molecule has 0 heterocycles. The summed E-state index contributed by atoms with van der Waals surface area (Å²) in [6, 6.07) is 26.9. The van der Waals surface area contributed by atoms with Crippen molar-refractivity contribution in [3.05, 3.63) is 104 Å². The maximum Gasteiger partial charge on any atom is 0.349 e. The van der Waals surface area contributed by atoms with Crippen molar-refractivity contribution < 1.29 is 34.2 Å². The Morgan fingerprint density at radius 3 is 1.88 bits per heavy atom. The lowest BCUT2D eigenvalue weighted by Crippen LogP contribution is -3.59. The predicted molar refractivity (Wildman–Crippen MR) is 99.8 cm³/mol. The van der Waals surface area contributed by atoms with E-state index in [9.17, 15) is 13.0 Å². The topological polar surface area (TPSA) is 57.2 Å². The molecule has 0 fully saturated rings. The van der Waals surface area contributed by atoms with E-state index in [1.165, 1.54) is 21.3 Å². The van der Waals surface area contributed by atoms with E-state index >= 15 is 0 Å². The van der Waals surface area contributed by atoms with Crippen molar-refractivity contribution in [2.45, 2.75) is 11.8 Å². The van der Waals surface area contributed by atoms with Gasteiger partial charge in [0.05, 0.1) is 4.90 Å². The van der Waals surface area contributed by atoms with E-state index < -0.39 is 10.1 Å². The van der Waals surface area contributed by atoms with Crippen LogP contribution >= 0.6 is 0 Å². The van der Waals surface area contributed by atoms with Crippen LogP contribution in [0.5, 0.6) is 0 Å². The second-order valence-electron chi connectivity index (χ2n) is 5.38. The fourth-order valence-electron chi connectivity index (χ4n) is 1.93. The average Bonchev–Trinajstić information content (AvgIpc) is 2.64. The molecule has 0 radical (unpaired) electrons. The van der Waals surface area contributed by atoms with E-state index in [1.807, 2.05) is 13.0 Å². The van der Waals surface area contributed by atoms with Gasteiger partial charge in [0.1, 0.15) is 10.1 Å². The third-order valence-electron chi connectivity index (χ3n) is 3.29. The van der Waals surface area contributed by atoms with Gasteiger partial charge in [0.25, 0.3) is 0 Å². The Hall–Kier alpha value is -1.96. The van der Waals surface area contributed by atoms with Gasteiger partial charge >= 0.3 is 21.2 Å². The molecule has 0 aromatic heterocycles. The lowest BCUT2D eigenvalue weighted by Gasteiger charge is -2.05. The molecule has 0 amide bonds. The van der Waals surface area contributed by atoms with Gasteiger partial charge in [-0.1, -0.05) is 66.2 Å². The van der Waals surface area contributed by atoms with Gasteiger partial charge in [-0.25, -0.2) is 8.42 Å². The van der Waals surface area contributed by atoms with E-state index in [1.54, 1.807) is 12.1 Å². The highest BCUT2D eigenvalue weighted by Crippen LogP contribution is 2.08. The molecule has 0 aliphatic heterocycles. The lowest BCUT2D eigenvalue weighted by molar-refractivity contribution is -0.555. The average molecular weight is 478 g/mol. The van der Waals surface area contributed by atoms with Crippen LogP contribution in [0.15, 0.2) is 93.9 Å². The largest absolute Gasteiger partial charge is 0.744 e. The predicted octanol–water partition coefficient (Wildman–Crippen LogP) is 1.52. The molecule has 0 aliphatic carbocycles. The first-order valence-corrected chi connectivity index (χ1v) is 11.6. The molecule has 3 nitrogen and oxygen atoms in total. The van der Waals surface area contributed by atoms with Crippen molar-refractivity contribution in [3.63, 3.8) is 0 Å². The summed E-state index contributed by atoms with van der Waals surface area (Å²) in [5, 5.41) is 0. The molecule has 0 saturated carbocycles. The van der Waals surface area contributed by atoms with Gasteiger partial charge in [-0.05, 0) is 42.8 Å². The number of rotatable bonds is 4. The monoisotopic (exact) mass is 478 g/mol. The molecule has 26 heavy (non-hydrogen) atoms. The SMILES string of the molecule is C(=C\c1ccccc1)/[I+]c1ccccc1.Cc1ccc(S(=O)(=O)[O-])cc1. The van der Waals surface area contributed by atoms with Gasteiger partial charge in [-0.2, -0.15) is 0 Å². The minimum Gasteiger partial charge on any atom is -0.744 e. The van der Waals surface area contributed by atoms with Gasteiger partial charge in [0, 0.05) is 0 Å². The second kappa shape index (κ2) is 10.3. The number of hydrogen-bond donors (Lipinski definition) is 0. The third kappa shape index (κ3) is 7.51. The zero-order chi connectivity index (χ0) is 18.8. The van der Waals surface area contributed by atoms with Crippen LogP contribution in [-0.4, -0.2) is 13.0 Å². The molecule has 3 aromatic rings. The van der Waals surface area contributed by atoms with E-state index in [0.717, 1.165) is 5.56 Å².